The van der Waals surface area contributed by atoms with Gasteiger partial charge in [0.25, 0.3) is 12.3 Å². The van der Waals surface area contributed by atoms with Gasteiger partial charge in [-0.15, -0.1) is 0 Å². The number of aromatic nitrogens is 5. The molecule has 1 unspecified atom stereocenters. The Labute approximate surface area is 329 Å². The molecule has 3 atom stereocenters. The minimum Gasteiger partial charge on any atom is -0.373 e. The Morgan fingerprint density at radius 1 is 1.07 bits per heavy atom. The van der Waals surface area contributed by atoms with Crippen LogP contribution in [0, 0.1) is 29.4 Å². The van der Waals surface area contributed by atoms with Crippen molar-refractivity contribution in [1.29, 1.82) is 0 Å². The first-order chi connectivity index (χ1) is 27.2. The maximum atomic E-state index is 15.4. The molecule has 1 amide bonds. The van der Waals surface area contributed by atoms with Crippen LogP contribution >= 0.6 is 11.6 Å². The summed E-state index contributed by atoms with van der Waals surface area (Å²) in [5.74, 6) is -4.43. The number of benzene rings is 2. The van der Waals surface area contributed by atoms with Gasteiger partial charge in [0, 0.05) is 35.7 Å². The number of amides is 1. The smallest absolute Gasteiger partial charge is 0.293 e. The Morgan fingerprint density at radius 2 is 1.74 bits per heavy atom. The number of anilines is 1. The van der Waals surface area contributed by atoms with Gasteiger partial charge in [0.2, 0.25) is 15.9 Å². The average Bonchev–Trinajstić information content (AvgIpc) is 3.68. The summed E-state index contributed by atoms with van der Waals surface area (Å²) in [5, 5.41) is 20.9. The topological polar surface area (TPSA) is 144 Å². The zero-order chi connectivity index (χ0) is 42.1. The van der Waals surface area contributed by atoms with Crippen LogP contribution in [0.1, 0.15) is 58.7 Å². The minimum atomic E-state index is -3.89. The second-order valence-corrected chi connectivity index (χ2v) is 16.3. The summed E-state index contributed by atoms with van der Waals surface area (Å²) in [6.45, 7) is -4.19. The fourth-order valence-corrected chi connectivity index (χ4v) is 8.03. The SMILES string of the molecule is Cn1nc(NS(C)(=O)=O)c2c(Cl)ccc(-c3ccc(C#CC(O)(CF)CF)nc3[C@H](Cc3cc(F)cc(F)c3)NC(=O)Cn3nc(C(F)F)c4c3C(F)(F)C3C[C@H]43)c21. The lowest BCUT2D eigenvalue weighted by Crippen LogP contribution is -2.35. The third-order valence-electron chi connectivity index (χ3n) is 9.79. The van der Waals surface area contributed by atoms with Gasteiger partial charge < -0.3 is 10.4 Å². The molecule has 2 aromatic carbocycles. The van der Waals surface area contributed by atoms with Crippen LogP contribution < -0.4 is 10.0 Å². The highest BCUT2D eigenvalue weighted by molar-refractivity contribution is 7.92. The minimum absolute atomic E-state index is 0.0218. The van der Waals surface area contributed by atoms with Crippen LogP contribution in [-0.4, -0.2) is 69.2 Å². The highest BCUT2D eigenvalue weighted by Gasteiger charge is 2.67. The number of sulfonamides is 1. The molecule has 5 aromatic rings. The van der Waals surface area contributed by atoms with E-state index in [1.807, 2.05) is 0 Å². The summed E-state index contributed by atoms with van der Waals surface area (Å²) in [6, 6.07) is 6.57. The van der Waals surface area contributed by atoms with Crippen molar-refractivity contribution in [3.05, 3.63) is 93.0 Å². The molecule has 3 aromatic heterocycles. The fourth-order valence-electron chi connectivity index (χ4n) is 7.30. The third-order valence-corrected chi connectivity index (χ3v) is 10.7. The van der Waals surface area contributed by atoms with Gasteiger partial charge in [-0.2, -0.15) is 19.0 Å². The molecule has 21 heteroatoms. The summed E-state index contributed by atoms with van der Waals surface area (Å²) in [6.07, 6.45) is -2.81. The van der Waals surface area contributed by atoms with E-state index in [4.69, 9.17) is 11.6 Å². The Kier molecular flexibility index (Phi) is 10.5. The Bertz CT molecular complexity index is 2640. The van der Waals surface area contributed by atoms with Gasteiger partial charge in [-0.05, 0) is 60.6 Å². The maximum Gasteiger partial charge on any atom is 0.293 e. The summed E-state index contributed by atoms with van der Waals surface area (Å²) >= 11 is 6.54. The molecule has 0 aliphatic heterocycles. The molecule has 1 fully saturated rings. The van der Waals surface area contributed by atoms with Crippen molar-refractivity contribution >= 4 is 44.3 Å². The van der Waals surface area contributed by atoms with E-state index in [9.17, 15) is 44.7 Å². The number of alkyl halides is 6. The standard InChI is InChI=1S/C37H30ClF8N7O4S/c1-52-32-22(5-6-25(38)29(32)35(50-52)51-58(2,56)57)21-4-3-20(7-8-36(55,15-39)16-40)47-30(21)26(11-17-9-18(41)12-19(42)10-17)48-27(54)14-53-33-28(31(49-53)34(43)44)23-13-24(23)37(33,45)46/h3-6,9-10,12,23-24,26,34,55H,11,13-16H2,1-2H3,(H,48,54)(H,50,51)/t23-,24?,26-/m0/s1. The van der Waals surface area contributed by atoms with E-state index in [0.717, 1.165) is 18.4 Å². The van der Waals surface area contributed by atoms with Gasteiger partial charge in [-0.1, -0.05) is 23.6 Å². The van der Waals surface area contributed by atoms with Gasteiger partial charge >= 0.3 is 0 Å². The van der Waals surface area contributed by atoms with Gasteiger partial charge in [-0.3, -0.25) is 18.9 Å². The quantitative estimate of drug-likeness (QED) is 0.0974. The van der Waals surface area contributed by atoms with Crippen LogP contribution in [0.2, 0.25) is 5.02 Å². The lowest BCUT2D eigenvalue weighted by Gasteiger charge is -2.23. The van der Waals surface area contributed by atoms with E-state index >= 15 is 8.78 Å². The number of halogens is 9. The zero-order valence-corrected chi connectivity index (χ0v) is 31.7. The number of nitrogens with one attached hydrogen (secondary N) is 2. The predicted molar refractivity (Wildman–Crippen MR) is 194 cm³/mol. The van der Waals surface area contributed by atoms with E-state index < -0.39 is 101 Å². The third kappa shape index (κ3) is 7.69. The van der Waals surface area contributed by atoms with Gasteiger partial charge in [0.15, 0.2) is 11.4 Å². The number of carbonyl (C=O) groups excluding carboxylic acids is 1. The number of carbonyl (C=O) groups is 1. The van der Waals surface area contributed by atoms with E-state index in [0.29, 0.717) is 10.7 Å². The van der Waals surface area contributed by atoms with Crippen LogP contribution in [-0.2, 0) is 40.8 Å². The van der Waals surface area contributed by atoms with Gasteiger partial charge in [0.05, 0.1) is 33.9 Å². The first-order valence-electron chi connectivity index (χ1n) is 17.3. The number of hydrogen-bond donors (Lipinski definition) is 3. The van der Waals surface area contributed by atoms with E-state index in [2.05, 4.69) is 37.1 Å². The molecule has 2 aliphatic rings. The molecule has 306 valence electrons. The maximum absolute atomic E-state index is 15.4. The highest BCUT2D eigenvalue weighted by atomic mass is 35.5. The molecular formula is C37H30ClF8N7O4S. The van der Waals surface area contributed by atoms with E-state index in [1.165, 1.54) is 36.0 Å². The molecule has 0 saturated heterocycles. The van der Waals surface area contributed by atoms with Crippen molar-refractivity contribution in [3.63, 3.8) is 0 Å². The number of rotatable bonds is 12. The Hall–Kier alpha value is -5.26. The van der Waals surface area contributed by atoms with E-state index in [-0.39, 0.29) is 61.8 Å². The summed E-state index contributed by atoms with van der Waals surface area (Å²) < 4.78 is 143. The van der Waals surface area contributed by atoms with Crippen molar-refractivity contribution < 1.29 is 53.4 Å². The van der Waals surface area contributed by atoms with E-state index in [1.54, 1.807) is 0 Å². The molecule has 1 saturated carbocycles. The monoisotopic (exact) mass is 855 g/mol. The second kappa shape index (κ2) is 14.8. The summed E-state index contributed by atoms with van der Waals surface area (Å²) in [4.78, 5) is 18.4. The van der Waals surface area contributed by atoms with Crippen molar-refractivity contribution in [1.82, 2.24) is 29.9 Å². The molecular weight excluding hydrogens is 826 g/mol. The fraction of sp³-hybridized carbons (Fsp3) is 0.351. The molecule has 0 spiro atoms. The van der Waals surface area contributed by atoms with Crippen LogP contribution in [0.3, 0.4) is 0 Å². The largest absolute Gasteiger partial charge is 0.373 e. The molecule has 0 radical (unpaired) electrons. The van der Waals surface area contributed by atoms with Crippen molar-refractivity contribution in [2.24, 2.45) is 13.0 Å². The molecule has 3 heterocycles. The van der Waals surface area contributed by atoms with Crippen molar-refractivity contribution in [3.8, 4) is 23.0 Å². The van der Waals surface area contributed by atoms with Crippen LogP contribution in [0.5, 0.6) is 0 Å². The number of fused-ring (bicyclic) bond motifs is 4. The van der Waals surface area contributed by atoms with Gasteiger partial charge in [0.1, 0.15) is 48.6 Å². The predicted octanol–water partition coefficient (Wildman–Crippen LogP) is 6.40. The van der Waals surface area contributed by atoms with Crippen molar-refractivity contribution in [2.45, 2.75) is 49.3 Å². The summed E-state index contributed by atoms with van der Waals surface area (Å²) in [7, 11) is -2.43. The van der Waals surface area contributed by atoms with Gasteiger partial charge in [-0.25, -0.2) is 39.7 Å². The number of aliphatic hydroxyl groups is 1. The van der Waals surface area contributed by atoms with Crippen LogP contribution in [0.4, 0.5) is 40.9 Å². The number of pyridine rings is 1. The second-order valence-electron chi connectivity index (χ2n) is 14.1. The number of aryl methyl sites for hydroxylation is 1. The highest BCUT2D eigenvalue weighted by Crippen LogP contribution is 2.68. The molecule has 3 N–H and O–H groups in total. The Morgan fingerprint density at radius 3 is 2.38 bits per heavy atom. The lowest BCUT2D eigenvalue weighted by atomic mass is 9.93. The summed E-state index contributed by atoms with van der Waals surface area (Å²) in [5.41, 5.74) is -4.58. The first kappa shape index (κ1) is 40.9. The average molecular weight is 856 g/mol. The molecule has 11 nitrogen and oxygen atoms in total. The first-order valence-corrected chi connectivity index (χ1v) is 19.5. The number of nitrogens with zero attached hydrogens (tertiary/aromatic N) is 5. The zero-order valence-electron chi connectivity index (χ0n) is 30.1. The molecule has 0 bridgehead atoms. The molecule has 58 heavy (non-hydrogen) atoms. The van der Waals surface area contributed by atoms with Crippen molar-refractivity contribution in [2.75, 3.05) is 24.3 Å². The molecule has 7 rings (SSSR count). The van der Waals surface area contributed by atoms with Crippen LogP contribution in [0.25, 0.3) is 22.0 Å². The number of hydrogen-bond acceptors (Lipinski definition) is 7. The lowest BCUT2D eigenvalue weighted by molar-refractivity contribution is -0.123. The Balaban J connectivity index is 1.40. The normalized spacial score (nSPS) is 17.5. The van der Waals surface area contributed by atoms with Crippen LogP contribution in [0.15, 0.2) is 42.5 Å². The molecule has 2 aliphatic carbocycles.